The van der Waals surface area contributed by atoms with Crippen LogP contribution in [-0.2, 0) is 29.6 Å². The summed E-state index contributed by atoms with van der Waals surface area (Å²) >= 11 is 2.80. The molecule has 53 heavy (non-hydrogen) atoms. The second-order valence-electron chi connectivity index (χ2n) is 13.0. The number of thiophene rings is 2. The van der Waals surface area contributed by atoms with Gasteiger partial charge >= 0.3 is 0 Å². The van der Waals surface area contributed by atoms with E-state index < -0.39 is 29.6 Å². The molecule has 9 nitrogen and oxygen atoms in total. The van der Waals surface area contributed by atoms with Gasteiger partial charge in [0.05, 0.1) is 25.2 Å². The van der Waals surface area contributed by atoms with Crippen LogP contribution in [0.5, 0.6) is 0 Å². The molecule has 4 aromatic rings. The number of primary amides is 1. The average molecular weight is 828 g/mol. The number of carbonyl (C=O) groups excluding carboxylic acids is 1. The van der Waals surface area contributed by atoms with Crippen LogP contribution >= 0.6 is 22.7 Å². The van der Waals surface area contributed by atoms with Crippen molar-refractivity contribution in [3.63, 3.8) is 0 Å². The maximum absolute atomic E-state index is 11.9. The molecule has 298 valence electrons. The van der Waals surface area contributed by atoms with Gasteiger partial charge in [0.15, 0.2) is 9.84 Å². The fraction of sp³-hybridized carbons (Fsp3) is 0.436. The van der Waals surface area contributed by atoms with Crippen molar-refractivity contribution in [2.45, 2.75) is 107 Å². The van der Waals surface area contributed by atoms with Crippen LogP contribution < -0.4 is 15.2 Å². The van der Waals surface area contributed by atoms with Crippen molar-refractivity contribution >= 4 is 64.0 Å². The molecule has 1 unspecified atom stereocenters. The Morgan fingerprint density at radius 2 is 1.19 bits per heavy atom. The lowest BCUT2D eigenvalue weighted by Gasteiger charge is -2.11. The number of rotatable bonds is 11. The molecule has 0 fully saturated rings. The van der Waals surface area contributed by atoms with E-state index in [9.17, 15) is 25.8 Å². The van der Waals surface area contributed by atoms with Gasteiger partial charge in [-0.1, -0.05) is 94.0 Å². The first-order valence-corrected chi connectivity index (χ1v) is 23.4. The van der Waals surface area contributed by atoms with Crippen LogP contribution in [-0.4, -0.2) is 52.7 Å². The molecule has 0 bridgehead atoms. The predicted octanol–water partition coefficient (Wildman–Crippen LogP) is 9.01. The summed E-state index contributed by atoms with van der Waals surface area (Å²) in [4.78, 5) is 14.8. The third-order valence-corrected chi connectivity index (χ3v) is 15.8. The number of hydrogen-bond acceptors (Lipinski definition) is 8. The van der Waals surface area contributed by atoms with Crippen molar-refractivity contribution in [3.05, 3.63) is 98.6 Å². The van der Waals surface area contributed by atoms with E-state index in [4.69, 9.17) is 5.73 Å². The van der Waals surface area contributed by atoms with Gasteiger partial charge in [-0.3, -0.25) is 4.79 Å². The molecule has 4 rings (SSSR count). The molecule has 0 radical (unpaired) electrons. The Hall–Kier alpha value is -2.85. The molecule has 0 saturated heterocycles. The Labute approximate surface area is 329 Å². The number of sulfone groups is 1. The lowest BCUT2D eigenvalue weighted by atomic mass is 10.0. The topological polar surface area (TPSA) is 152 Å². The molecule has 4 N–H and O–H groups in total. The van der Waals surface area contributed by atoms with Gasteiger partial charge in [-0.05, 0) is 103 Å². The standard InChI is InChI=1S/C11H17NOS.C11H16O2S.C8H13NO2S2.C8H11NOS.CH4/c1-9(2)10-6-5-7-11(8-10)14(4,13)12-3;1-4-14(12,13)11-7-5-10(6-8-11)9(2)3;1-6(2)7-4-5-8(12-7)13(10,11)9-3;1-5(2)6-3-4-7(11-6)8(9)10;/h5-9H,4H2,1-3H3,(H,12,13);5-9H,4H2,1-3H3;4-6,9H,1-3H3;3-5H,1-2H3,(H2,9,10);1H4. The van der Waals surface area contributed by atoms with Crippen molar-refractivity contribution in [1.82, 2.24) is 9.44 Å². The molecule has 1 atom stereocenters. The zero-order chi connectivity index (χ0) is 40.0. The van der Waals surface area contributed by atoms with Gasteiger partial charge in [-0.15, -0.1) is 22.7 Å². The Bertz CT molecular complexity index is 2030. The number of carbonyl (C=O) groups is 1. The highest BCUT2D eigenvalue weighted by Gasteiger charge is 2.15. The van der Waals surface area contributed by atoms with E-state index in [1.165, 1.54) is 45.7 Å². The number of benzene rings is 2. The van der Waals surface area contributed by atoms with E-state index in [-0.39, 0.29) is 19.1 Å². The second-order valence-corrected chi connectivity index (χ2v) is 21.8. The Morgan fingerprint density at radius 1 is 0.679 bits per heavy atom. The molecular formula is C39H61N3O6S5. The first-order chi connectivity index (χ1) is 24.0. The summed E-state index contributed by atoms with van der Waals surface area (Å²) in [6, 6.07) is 22.1. The molecule has 0 saturated carbocycles. The summed E-state index contributed by atoms with van der Waals surface area (Å²) in [7, 11) is -5.50. The highest BCUT2D eigenvalue weighted by atomic mass is 32.2. The SMILES string of the molecule is C.C=S(=O)(NC)c1cccc(C(C)C)c1.CC(C)c1ccc(C(N)=O)s1.CCS(=O)(=O)c1ccc(C(C)C)cc1.CNS(=O)(=O)c1ccc(C(C)C)s1. The first kappa shape index (κ1) is 50.1. The minimum absolute atomic E-state index is 0. The normalized spacial score (nSPS) is 12.4. The van der Waals surface area contributed by atoms with Crippen LogP contribution in [0.2, 0.25) is 0 Å². The molecule has 0 aliphatic carbocycles. The van der Waals surface area contributed by atoms with Crippen LogP contribution in [0.1, 0.15) is 124 Å². The molecule has 2 aromatic carbocycles. The van der Waals surface area contributed by atoms with Crippen molar-refractivity contribution in [2.75, 3.05) is 19.8 Å². The molecule has 0 aliphatic heterocycles. The first-order valence-electron chi connectivity index (χ1n) is 16.9. The van der Waals surface area contributed by atoms with Crippen LogP contribution in [0.3, 0.4) is 0 Å². The fourth-order valence-corrected chi connectivity index (χ4v) is 8.88. The van der Waals surface area contributed by atoms with Crippen molar-refractivity contribution in [3.8, 4) is 0 Å². The number of nitrogens with two attached hydrogens (primary N) is 1. The zero-order valence-corrected chi connectivity index (χ0v) is 36.3. The molecule has 14 heteroatoms. The third-order valence-electron chi connectivity index (χ3n) is 7.66. The molecule has 2 heterocycles. The van der Waals surface area contributed by atoms with Gasteiger partial charge in [-0.2, -0.15) is 0 Å². The predicted molar refractivity (Wildman–Crippen MR) is 230 cm³/mol. The highest BCUT2D eigenvalue weighted by Crippen LogP contribution is 2.27. The lowest BCUT2D eigenvalue weighted by molar-refractivity contribution is 0.100. The number of hydrogen-bond donors (Lipinski definition) is 3. The minimum atomic E-state index is -3.24. The quantitative estimate of drug-likeness (QED) is 0.128. The van der Waals surface area contributed by atoms with Crippen LogP contribution in [0.15, 0.2) is 86.8 Å². The van der Waals surface area contributed by atoms with E-state index in [0.29, 0.717) is 37.7 Å². The van der Waals surface area contributed by atoms with Gasteiger partial charge in [-0.25, -0.2) is 30.5 Å². The van der Waals surface area contributed by atoms with E-state index in [2.05, 4.69) is 56.9 Å². The van der Waals surface area contributed by atoms with Gasteiger partial charge in [0.2, 0.25) is 10.0 Å². The number of nitrogens with one attached hydrogen (secondary N) is 2. The fourth-order valence-electron chi connectivity index (χ4n) is 4.11. The van der Waals surface area contributed by atoms with E-state index >= 15 is 0 Å². The van der Waals surface area contributed by atoms with Gasteiger partial charge in [0.25, 0.3) is 5.91 Å². The van der Waals surface area contributed by atoms with Crippen molar-refractivity contribution in [1.29, 1.82) is 0 Å². The molecule has 0 spiro atoms. The van der Waals surface area contributed by atoms with Crippen molar-refractivity contribution in [2.24, 2.45) is 5.73 Å². The van der Waals surface area contributed by atoms with E-state index in [1.807, 2.05) is 62.4 Å². The highest BCUT2D eigenvalue weighted by molar-refractivity contribution is 7.98. The van der Waals surface area contributed by atoms with E-state index in [1.54, 1.807) is 38.2 Å². The van der Waals surface area contributed by atoms with Gasteiger partial charge in [0.1, 0.15) is 4.21 Å². The maximum Gasteiger partial charge on any atom is 0.258 e. The van der Waals surface area contributed by atoms with Gasteiger partial charge in [0, 0.05) is 14.6 Å². The number of amides is 1. The summed E-state index contributed by atoms with van der Waals surface area (Å²) in [5.74, 6) is 5.25. The zero-order valence-electron chi connectivity index (χ0n) is 32.2. The van der Waals surface area contributed by atoms with E-state index in [0.717, 1.165) is 9.77 Å². The summed E-state index contributed by atoms with van der Waals surface area (Å²) in [6.07, 6.45) is 0. The summed E-state index contributed by atoms with van der Waals surface area (Å²) in [5.41, 5.74) is 7.45. The average Bonchev–Trinajstić information content (AvgIpc) is 3.82. The third kappa shape index (κ3) is 16.2. The Morgan fingerprint density at radius 3 is 1.57 bits per heavy atom. The molecule has 0 aliphatic rings. The van der Waals surface area contributed by atoms with Gasteiger partial charge < -0.3 is 5.73 Å². The summed E-state index contributed by atoms with van der Waals surface area (Å²) in [6.45, 7) is 18.3. The molecule has 1 amide bonds. The molecular weight excluding hydrogens is 767 g/mol. The maximum atomic E-state index is 11.9. The summed E-state index contributed by atoms with van der Waals surface area (Å²) in [5, 5.41) is 0. The molecule has 2 aromatic heterocycles. The largest absolute Gasteiger partial charge is 0.365 e. The van der Waals surface area contributed by atoms with Crippen LogP contribution in [0.4, 0.5) is 0 Å². The van der Waals surface area contributed by atoms with Crippen LogP contribution in [0, 0.1) is 0 Å². The Kier molecular flexibility index (Phi) is 21.3. The smallest absolute Gasteiger partial charge is 0.258 e. The van der Waals surface area contributed by atoms with Crippen molar-refractivity contribution < 1.29 is 25.8 Å². The lowest BCUT2D eigenvalue weighted by Crippen LogP contribution is -2.18. The summed E-state index contributed by atoms with van der Waals surface area (Å²) < 4.78 is 63.0. The second kappa shape index (κ2) is 22.5. The minimum Gasteiger partial charge on any atom is -0.365 e. The van der Waals surface area contributed by atoms with Crippen LogP contribution in [0.25, 0.3) is 0 Å². The monoisotopic (exact) mass is 827 g/mol. The Balaban J connectivity index is 0.000000679. The number of sulfonamides is 1.